The summed E-state index contributed by atoms with van der Waals surface area (Å²) >= 11 is 11.0. The Labute approximate surface area is 66.8 Å². The zero-order chi connectivity index (χ0) is 7.49. The van der Waals surface area contributed by atoms with Crippen molar-refractivity contribution in [2.75, 3.05) is 0 Å². The molecular formula is C7H12Cl2. The molecule has 0 unspecified atom stereocenters. The van der Waals surface area contributed by atoms with Crippen LogP contribution in [0.2, 0.25) is 0 Å². The van der Waals surface area contributed by atoms with E-state index in [2.05, 4.69) is 20.8 Å². The van der Waals surface area contributed by atoms with Crippen LogP contribution in [0, 0.1) is 5.41 Å². The van der Waals surface area contributed by atoms with Gasteiger partial charge in [-0.1, -0.05) is 44.0 Å². The van der Waals surface area contributed by atoms with Crippen LogP contribution in [-0.4, -0.2) is 0 Å². The Balaban J connectivity index is 3.75. The van der Waals surface area contributed by atoms with Crippen LogP contribution in [0.25, 0.3) is 0 Å². The molecule has 0 aliphatic heterocycles. The summed E-state index contributed by atoms with van der Waals surface area (Å²) in [5.41, 5.74) is 1.66. The Morgan fingerprint density at radius 3 is 2.00 bits per heavy atom. The van der Waals surface area contributed by atoms with Gasteiger partial charge < -0.3 is 0 Å². The molecule has 0 aromatic rings. The van der Waals surface area contributed by atoms with Crippen LogP contribution < -0.4 is 0 Å². The molecule has 54 valence electrons. The van der Waals surface area contributed by atoms with Gasteiger partial charge in [0.05, 0.1) is 0 Å². The first-order valence-corrected chi connectivity index (χ1v) is 3.72. The largest absolute Gasteiger partial charge is 0.0917 e. The molecule has 0 fully saturated rings. The highest BCUT2D eigenvalue weighted by Gasteiger charge is 2.10. The minimum Gasteiger partial charge on any atom is -0.0917 e. The second-order valence-corrected chi connectivity index (χ2v) is 4.00. The lowest BCUT2D eigenvalue weighted by molar-refractivity contribution is 0.417. The van der Waals surface area contributed by atoms with E-state index < -0.39 is 0 Å². The van der Waals surface area contributed by atoms with Gasteiger partial charge in [-0.3, -0.25) is 0 Å². The summed E-state index contributed by atoms with van der Waals surface area (Å²) in [7, 11) is 0. The minimum absolute atomic E-state index is 0.239. The molecule has 0 atom stereocenters. The van der Waals surface area contributed by atoms with Crippen LogP contribution in [0.15, 0.2) is 10.6 Å². The van der Waals surface area contributed by atoms with Crippen molar-refractivity contribution in [2.45, 2.75) is 27.2 Å². The summed E-state index contributed by atoms with van der Waals surface area (Å²) < 4.78 is 0. The maximum Gasteiger partial charge on any atom is 0.0299 e. The van der Waals surface area contributed by atoms with E-state index in [1.165, 1.54) is 5.54 Å². The van der Waals surface area contributed by atoms with Crippen molar-refractivity contribution in [1.82, 2.24) is 0 Å². The molecule has 0 aromatic heterocycles. The first-order chi connectivity index (χ1) is 3.95. The van der Waals surface area contributed by atoms with Crippen LogP contribution in [0.5, 0.6) is 0 Å². The zero-order valence-corrected chi connectivity index (χ0v) is 7.55. The van der Waals surface area contributed by atoms with E-state index in [1.54, 1.807) is 0 Å². The fraction of sp³-hybridized carbons (Fsp3) is 0.714. The predicted molar refractivity (Wildman–Crippen MR) is 43.9 cm³/mol. The molecule has 0 aliphatic carbocycles. The molecule has 0 spiro atoms. The topological polar surface area (TPSA) is 0 Å². The van der Waals surface area contributed by atoms with Crippen LogP contribution in [0.1, 0.15) is 27.2 Å². The Morgan fingerprint density at radius 1 is 1.44 bits per heavy atom. The summed E-state index contributed by atoms with van der Waals surface area (Å²) in [6, 6.07) is 0. The first kappa shape index (κ1) is 9.32. The monoisotopic (exact) mass is 166 g/mol. The van der Waals surface area contributed by atoms with Gasteiger partial charge in [0.15, 0.2) is 0 Å². The van der Waals surface area contributed by atoms with Gasteiger partial charge in [-0.15, -0.1) is 0 Å². The third-order valence-electron chi connectivity index (χ3n) is 0.818. The molecule has 0 aliphatic rings. The lowest BCUT2D eigenvalue weighted by Gasteiger charge is -2.16. The third-order valence-corrected chi connectivity index (χ3v) is 1.44. The van der Waals surface area contributed by atoms with Gasteiger partial charge in [0, 0.05) is 10.6 Å². The summed E-state index contributed by atoms with van der Waals surface area (Å²) in [4.78, 5) is 0. The Hall–Kier alpha value is 0.320. The average Bonchev–Trinajstić information content (AvgIpc) is 1.62. The van der Waals surface area contributed by atoms with Crippen molar-refractivity contribution in [3.63, 3.8) is 0 Å². The minimum atomic E-state index is 0.239. The fourth-order valence-corrected chi connectivity index (χ4v) is 1.02. The van der Waals surface area contributed by atoms with Gasteiger partial charge in [0.2, 0.25) is 0 Å². The Bertz CT molecular complexity index is 109. The van der Waals surface area contributed by atoms with E-state index in [-0.39, 0.29) is 5.41 Å². The zero-order valence-electron chi connectivity index (χ0n) is 6.04. The normalized spacial score (nSPS) is 14.1. The van der Waals surface area contributed by atoms with Crippen LogP contribution in [0.4, 0.5) is 0 Å². The van der Waals surface area contributed by atoms with E-state index in [4.69, 9.17) is 23.2 Å². The number of halogens is 2. The van der Waals surface area contributed by atoms with Crippen molar-refractivity contribution in [3.05, 3.63) is 10.6 Å². The maximum absolute atomic E-state index is 5.68. The Morgan fingerprint density at radius 2 is 1.89 bits per heavy atom. The van der Waals surface area contributed by atoms with Crippen molar-refractivity contribution in [3.8, 4) is 0 Å². The van der Waals surface area contributed by atoms with Crippen LogP contribution in [0.3, 0.4) is 0 Å². The fourth-order valence-electron chi connectivity index (χ4n) is 0.545. The summed E-state index contributed by atoms with van der Waals surface area (Å²) in [6.07, 6.45) is 0.845. The van der Waals surface area contributed by atoms with E-state index in [1.807, 2.05) is 0 Å². The van der Waals surface area contributed by atoms with Gasteiger partial charge >= 0.3 is 0 Å². The third kappa shape index (κ3) is 6.20. The van der Waals surface area contributed by atoms with Gasteiger partial charge in [-0.25, -0.2) is 0 Å². The van der Waals surface area contributed by atoms with Gasteiger partial charge in [-0.2, -0.15) is 0 Å². The predicted octanol–water partition coefficient (Wildman–Crippen LogP) is 3.74. The van der Waals surface area contributed by atoms with E-state index in [0.717, 1.165) is 11.5 Å². The highest BCUT2D eigenvalue weighted by molar-refractivity contribution is 6.36. The van der Waals surface area contributed by atoms with E-state index >= 15 is 0 Å². The molecule has 0 heterocycles. The quantitative estimate of drug-likeness (QED) is 0.557. The standard InChI is InChI=1S/C7H12Cl2/c1-7(2,3)4-6(9)5-8/h5H,4H2,1-3H3/b6-5+. The highest BCUT2D eigenvalue weighted by Crippen LogP contribution is 2.26. The lowest BCUT2D eigenvalue weighted by Crippen LogP contribution is -2.03. The summed E-state index contributed by atoms with van der Waals surface area (Å²) in [6.45, 7) is 6.36. The highest BCUT2D eigenvalue weighted by atomic mass is 35.5. The molecule has 9 heavy (non-hydrogen) atoms. The first-order valence-electron chi connectivity index (χ1n) is 2.90. The second kappa shape index (κ2) is 3.48. The molecule has 0 saturated carbocycles. The molecule has 0 bridgehead atoms. The number of hydrogen-bond donors (Lipinski definition) is 0. The number of rotatable bonds is 1. The van der Waals surface area contributed by atoms with E-state index in [0.29, 0.717) is 0 Å². The van der Waals surface area contributed by atoms with Crippen LogP contribution >= 0.6 is 23.2 Å². The van der Waals surface area contributed by atoms with Gasteiger partial charge in [-0.05, 0) is 11.8 Å². The number of hydrogen-bond acceptors (Lipinski definition) is 0. The molecule has 0 nitrogen and oxygen atoms in total. The second-order valence-electron chi connectivity index (χ2n) is 3.29. The molecule has 2 heteroatoms. The summed E-state index contributed by atoms with van der Waals surface area (Å²) in [5.74, 6) is 0. The van der Waals surface area contributed by atoms with Gasteiger partial charge in [0.25, 0.3) is 0 Å². The average molecular weight is 167 g/mol. The molecule has 0 radical (unpaired) electrons. The molecule has 0 N–H and O–H groups in total. The smallest absolute Gasteiger partial charge is 0.0299 e. The number of allylic oxidation sites excluding steroid dienone is 1. The van der Waals surface area contributed by atoms with Crippen molar-refractivity contribution in [1.29, 1.82) is 0 Å². The molecule has 0 amide bonds. The Kier molecular flexibility index (Phi) is 3.60. The maximum atomic E-state index is 5.68. The molecular weight excluding hydrogens is 155 g/mol. The molecule has 0 aromatic carbocycles. The summed E-state index contributed by atoms with van der Waals surface area (Å²) in [5, 5.41) is 0.726. The van der Waals surface area contributed by atoms with Gasteiger partial charge in [0.1, 0.15) is 0 Å². The van der Waals surface area contributed by atoms with Crippen molar-refractivity contribution < 1.29 is 0 Å². The van der Waals surface area contributed by atoms with Crippen LogP contribution in [-0.2, 0) is 0 Å². The SMILES string of the molecule is CC(C)(C)C/C(Cl)=C\Cl. The van der Waals surface area contributed by atoms with Crippen molar-refractivity contribution >= 4 is 23.2 Å². The molecule has 0 saturated heterocycles. The lowest BCUT2D eigenvalue weighted by atomic mass is 9.92. The molecule has 0 rings (SSSR count). The van der Waals surface area contributed by atoms with Crippen molar-refractivity contribution in [2.24, 2.45) is 5.41 Å². The van der Waals surface area contributed by atoms with E-state index in [9.17, 15) is 0 Å².